The van der Waals surface area contributed by atoms with Crippen molar-refractivity contribution in [2.24, 2.45) is 0 Å². The molecule has 0 radical (unpaired) electrons. The fourth-order valence-electron chi connectivity index (χ4n) is 1.94. The molecule has 1 unspecified atom stereocenters. The van der Waals surface area contributed by atoms with E-state index in [0.29, 0.717) is 11.1 Å². The minimum atomic E-state index is -3.06. The highest BCUT2D eigenvalue weighted by atomic mass is 32.2. The molecular weight excluding hydrogens is 306 g/mol. The third-order valence-corrected chi connectivity index (χ3v) is 4.88. The second-order valence-electron chi connectivity index (χ2n) is 4.98. The van der Waals surface area contributed by atoms with Gasteiger partial charge in [-0.05, 0) is 36.1 Å². The second-order valence-corrected chi connectivity index (χ2v) is 8.10. The highest BCUT2D eigenvalue weighted by molar-refractivity contribution is 7.89. The van der Waals surface area contributed by atoms with Gasteiger partial charge >= 0.3 is 0 Å². The number of hydrogen-bond acceptors (Lipinski definition) is 4. The average Bonchev–Trinajstić information content (AvgIpc) is 2.91. The summed E-state index contributed by atoms with van der Waals surface area (Å²) >= 11 is 1.60. The standard InChI is InChI=1S/C15H17NO3S2/c1-11(14-4-3-9-20-14)16-15(17)13-7-5-12(6-8-13)10-21(2,18)19/h3-9,11H,10H2,1-2H3,(H,16,17). The molecule has 6 heteroatoms. The van der Waals surface area contributed by atoms with Gasteiger partial charge in [-0.3, -0.25) is 4.79 Å². The number of hydrogen-bond donors (Lipinski definition) is 1. The summed E-state index contributed by atoms with van der Waals surface area (Å²) in [5, 5.41) is 4.89. The summed E-state index contributed by atoms with van der Waals surface area (Å²) in [5.74, 6) is -0.178. The van der Waals surface area contributed by atoms with E-state index in [2.05, 4.69) is 5.32 Å². The van der Waals surface area contributed by atoms with Gasteiger partial charge in [0.2, 0.25) is 0 Å². The number of nitrogens with one attached hydrogen (secondary N) is 1. The van der Waals surface area contributed by atoms with Gasteiger partial charge in [0.25, 0.3) is 5.91 Å². The van der Waals surface area contributed by atoms with Crippen molar-refractivity contribution < 1.29 is 13.2 Å². The first-order valence-electron chi connectivity index (χ1n) is 6.46. The zero-order valence-corrected chi connectivity index (χ0v) is 13.5. The van der Waals surface area contributed by atoms with Crippen LogP contribution in [0.4, 0.5) is 0 Å². The van der Waals surface area contributed by atoms with Gasteiger partial charge in [0.15, 0.2) is 9.84 Å². The number of amides is 1. The number of thiophene rings is 1. The van der Waals surface area contributed by atoms with Gasteiger partial charge in [0.05, 0.1) is 11.8 Å². The van der Waals surface area contributed by atoms with Gasteiger partial charge in [-0.2, -0.15) is 0 Å². The lowest BCUT2D eigenvalue weighted by molar-refractivity contribution is 0.0940. The van der Waals surface area contributed by atoms with Crippen molar-refractivity contribution >= 4 is 27.1 Å². The molecule has 0 spiro atoms. The molecule has 0 saturated heterocycles. The summed E-state index contributed by atoms with van der Waals surface area (Å²) in [6.45, 7) is 1.93. The van der Waals surface area contributed by atoms with E-state index in [1.54, 1.807) is 35.6 Å². The number of carbonyl (C=O) groups excluding carboxylic acids is 1. The van der Waals surface area contributed by atoms with Crippen LogP contribution in [0.5, 0.6) is 0 Å². The van der Waals surface area contributed by atoms with Crippen LogP contribution in [0, 0.1) is 0 Å². The van der Waals surface area contributed by atoms with E-state index in [-0.39, 0.29) is 17.7 Å². The Balaban J connectivity index is 2.03. The molecule has 0 saturated carbocycles. The molecule has 0 aliphatic heterocycles. The molecule has 0 aliphatic rings. The van der Waals surface area contributed by atoms with Crippen molar-refractivity contribution in [2.75, 3.05) is 6.26 Å². The van der Waals surface area contributed by atoms with Crippen LogP contribution in [0.2, 0.25) is 0 Å². The SMILES string of the molecule is CC(NC(=O)c1ccc(CS(C)(=O)=O)cc1)c1cccs1. The van der Waals surface area contributed by atoms with E-state index in [1.807, 2.05) is 24.4 Å². The molecule has 1 amide bonds. The Kier molecular flexibility index (Phi) is 4.80. The van der Waals surface area contributed by atoms with Crippen LogP contribution in [0.25, 0.3) is 0 Å². The highest BCUT2D eigenvalue weighted by Crippen LogP contribution is 2.18. The average molecular weight is 323 g/mol. The number of carbonyl (C=O) groups is 1. The van der Waals surface area contributed by atoms with Crippen LogP contribution in [-0.4, -0.2) is 20.6 Å². The van der Waals surface area contributed by atoms with Gasteiger partial charge in [0.1, 0.15) is 0 Å². The normalized spacial score (nSPS) is 12.9. The van der Waals surface area contributed by atoms with Gasteiger partial charge in [-0.15, -0.1) is 11.3 Å². The maximum absolute atomic E-state index is 12.1. The summed E-state index contributed by atoms with van der Waals surface area (Å²) in [6.07, 6.45) is 1.19. The summed E-state index contributed by atoms with van der Waals surface area (Å²) in [6, 6.07) is 10.5. The maximum atomic E-state index is 12.1. The van der Waals surface area contributed by atoms with Crippen LogP contribution in [0.15, 0.2) is 41.8 Å². The van der Waals surface area contributed by atoms with Crippen molar-refractivity contribution in [3.63, 3.8) is 0 Å². The van der Waals surface area contributed by atoms with Crippen molar-refractivity contribution in [1.29, 1.82) is 0 Å². The minimum absolute atomic E-state index is 0.0134. The first-order valence-corrected chi connectivity index (χ1v) is 9.40. The predicted molar refractivity (Wildman–Crippen MR) is 85.2 cm³/mol. The number of rotatable bonds is 5. The van der Waals surface area contributed by atoms with Gasteiger partial charge in [0, 0.05) is 16.7 Å². The lowest BCUT2D eigenvalue weighted by Gasteiger charge is -2.12. The van der Waals surface area contributed by atoms with Crippen molar-refractivity contribution in [3.05, 3.63) is 57.8 Å². The quantitative estimate of drug-likeness (QED) is 0.920. The van der Waals surface area contributed by atoms with Gasteiger partial charge in [-0.25, -0.2) is 8.42 Å². The molecule has 1 aromatic carbocycles. The Labute approximate surface area is 128 Å². The molecule has 1 aromatic heterocycles. The van der Waals surface area contributed by atoms with Crippen LogP contribution < -0.4 is 5.32 Å². The van der Waals surface area contributed by atoms with E-state index in [1.165, 1.54) is 6.26 Å². The van der Waals surface area contributed by atoms with Gasteiger partial charge < -0.3 is 5.32 Å². The Morgan fingerprint density at radius 1 is 1.24 bits per heavy atom. The Morgan fingerprint density at radius 3 is 2.43 bits per heavy atom. The topological polar surface area (TPSA) is 63.2 Å². The van der Waals surface area contributed by atoms with Crippen molar-refractivity contribution in [1.82, 2.24) is 5.32 Å². The Bertz CT molecular complexity index is 704. The molecule has 0 fully saturated rings. The summed E-state index contributed by atoms with van der Waals surface area (Å²) < 4.78 is 22.4. The molecular formula is C15H17NO3S2. The maximum Gasteiger partial charge on any atom is 0.251 e. The monoisotopic (exact) mass is 323 g/mol. The fourth-order valence-corrected chi connectivity index (χ4v) is 3.48. The van der Waals surface area contributed by atoms with Crippen LogP contribution >= 0.6 is 11.3 Å². The summed E-state index contributed by atoms with van der Waals surface area (Å²) in [5.41, 5.74) is 1.20. The molecule has 1 N–H and O–H groups in total. The third kappa shape index (κ3) is 4.68. The third-order valence-electron chi connectivity index (χ3n) is 2.96. The lowest BCUT2D eigenvalue weighted by Crippen LogP contribution is -2.26. The van der Waals surface area contributed by atoms with Crippen molar-refractivity contribution in [3.8, 4) is 0 Å². The summed E-state index contributed by atoms with van der Waals surface area (Å²) in [7, 11) is -3.06. The number of sulfone groups is 1. The lowest BCUT2D eigenvalue weighted by atomic mass is 10.1. The molecule has 1 atom stereocenters. The Hall–Kier alpha value is -1.66. The molecule has 2 aromatic rings. The van der Waals surface area contributed by atoms with E-state index in [0.717, 1.165) is 4.88 Å². The molecule has 21 heavy (non-hydrogen) atoms. The van der Waals surface area contributed by atoms with E-state index < -0.39 is 9.84 Å². The smallest absolute Gasteiger partial charge is 0.251 e. The van der Waals surface area contributed by atoms with Crippen LogP contribution in [-0.2, 0) is 15.6 Å². The predicted octanol–water partition coefficient (Wildman–Crippen LogP) is 2.78. The second kappa shape index (κ2) is 6.41. The molecule has 112 valence electrons. The fraction of sp³-hybridized carbons (Fsp3) is 0.267. The van der Waals surface area contributed by atoms with E-state index in [4.69, 9.17) is 0 Å². The van der Waals surface area contributed by atoms with Gasteiger partial charge in [-0.1, -0.05) is 18.2 Å². The zero-order chi connectivity index (χ0) is 15.5. The van der Waals surface area contributed by atoms with Crippen LogP contribution in [0.3, 0.4) is 0 Å². The largest absolute Gasteiger partial charge is 0.345 e. The zero-order valence-electron chi connectivity index (χ0n) is 11.9. The van der Waals surface area contributed by atoms with Crippen LogP contribution in [0.1, 0.15) is 33.8 Å². The molecule has 1 heterocycles. The number of benzene rings is 1. The first-order chi connectivity index (χ1) is 9.85. The molecule has 0 bridgehead atoms. The Morgan fingerprint density at radius 2 is 1.90 bits per heavy atom. The molecule has 4 nitrogen and oxygen atoms in total. The van der Waals surface area contributed by atoms with E-state index in [9.17, 15) is 13.2 Å². The van der Waals surface area contributed by atoms with Crippen molar-refractivity contribution in [2.45, 2.75) is 18.7 Å². The molecule has 0 aliphatic carbocycles. The minimum Gasteiger partial charge on any atom is -0.345 e. The summed E-state index contributed by atoms with van der Waals surface area (Å²) in [4.78, 5) is 13.2. The highest BCUT2D eigenvalue weighted by Gasteiger charge is 2.12. The van der Waals surface area contributed by atoms with E-state index >= 15 is 0 Å². The first kappa shape index (κ1) is 15.7. The molecule has 2 rings (SSSR count).